The van der Waals surface area contributed by atoms with Crippen molar-refractivity contribution in [3.63, 3.8) is 0 Å². The maximum absolute atomic E-state index is 13.4. The number of benzene rings is 2. The number of carbonyl (C=O) groups excluding carboxylic acids is 6. The molecule has 6 amide bonds. The molecule has 2 saturated heterocycles. The van der Waals surface area contributed by atoms with Gasteiger partial charge < -0.3 is 50.3 Å². The monoisotopic (exact) mass is 806 g/mol. The second-order valence-corrected chi connectivity index (χ2v) is 14.7. The summed E-state index contributed by atoms with van der Waals surface area (Å²) >= 11 is 0. The molecule has 0 radical (unpaired) electrons. The van der Waals surface area contributed by atoms with Crippen molar-refractivity contribution in [1.82, 2.24) is 30.2 Å². The number of rotatable bonds is 19. The van der Waals surface area contributed by atoms with Gasteiger partial charge in [0, 0.05) is 50.6 Å². The number of nitrogens with one attached hydrogen (secondary N) is 4. The Bertz CT molecular complexity index is 1560. The fourth-order valence-electron chi connectivity index (χ4n) is 7.39. The molecule has 0 aliphatic carbocycles. The maximum atomic E-state index is 13.4. The summed E-state index contributed by atoms with van der Waals surface area (Å²) in [6.07, 6.45) is 0.583. The van der Waals surface area contributed by atoms with Gasteiger partial charge in [0.15, 0.2) is 0 Å². The molecule has 0 unspecified atom stereocenters. The molecule has 4 N–H and O–H groups in total. The molecule has 0 saturated carbocycles. The Morgan fingerprint density at radius 3 is 1.26 bits per heavy atom. The Hall–Kier alpha value is -5.22. The molecule has 4 atom stereocenters. The van der Waals surface area contributed by atoms with E-state index in [1.807, 2.05) is 76.2 Å². The zero-order chi connectivity index (χ0) is 42.2. The van der Waals surface area contributed by atoms with Crippen molar-refractivity contribution >= 4 is 47.2 Å². The maximum Gasteiger partial charge on any atom is 0.407 e. The van der Waals surface area contributed by atoms with Crippen LogP contribution in [0.25, 0.3) is 11.1 Å². The average Bonchev–Trinajstić information content (AvgIpc) is 3.95. The van der Waals surface area contributed by atoms with Crippen molar-refractivity contribution in [2.24, 2.45) is 11.8 Å². The molecule has 2 aromatic carbocycles. The lowest BCUT2D eigenvalue weighted by atomic mass is 10.0. The van der Waals surface area contributed by atoms with Crippen molar-refractivity contribution in [1.29, 1.82) is 0 Å². The first-order chi connectivity index (χ1) is 27.9. The smallest absolute Gasteiger partial charge is 0.407 e. The number of likely N-dealkylation sites (tertiary alicyclic amines) is 2. The van der Waals surface area contributed by atoms with E-state index >= 15 is 0 Å². The molecule has 58 heavy (non-hydrogen) atoms. The van der Waals surface area contributed by atoms with Crippen LogP contribution in [0.3, 0.4) is 0 Å². The van der Waals surface area contributed by atoms with Crippen molar-refractivity contribution in [3.8, 4) is 11.1 Å². The van der Waals surface area contributed by atoms with Gasteiger partial charge in [-0.15, -0.1) is 0 Å². The first kappa shape index (κ1) is 45.5. The lowest BCUT2D eigenvalue weighted by Gasteiger charge is -2.26. The number of hydrogen-bond acceptors (Lipinski definition) is 10. The Labute approximate surface area is 342 Å². The Kier molecular flexibility index (Phi) is 17.8. The quantitative estimate of drug-likeness (QED) is 0.163. The van der Waals surface area contributed by atoms with Gasteiger partial charge in [-0.1, -0.05) is 52.0 Å². The summed E-state index contributed by atoms with van der Waals surface area (Å²) in [7, 11) is 2.53. The van der Waals surface area contributed by atoms with Crippen LogP contribution < -0.4 is 21.3 Å². The first-order valence-corrected chi connectivity index (χ1v) is 20.5. The average molecular weight is 807 g/mol. The highest BCUT2D eigenvalue weighted by atomic mass is 16.5. The van der Waals surface area contributed by atoms with E-state index in [4.69, 9.17) is 9.47 Å². The molecule has 2 fully saturated rings. The topological polar surface area (TPSA) is 182 Å². The molecule has 318 valence electrons. The van der Waals surface area contributed by atoms with Gasteiger partial charge in [-0.25, -0.2) is 9.59 Å². The number of carbonyl (C=O) groups is 6. The minimum atomic E-state index is -0.742. The van der Waals surface area contributed by atoms with E-state index in [0.29, 0.717) is 63.2 Å². The molecule has 2 heterocycles. The number of alkyl carbamates (subject to hydrolysis) is 2. The largest absolute Gasteiger partial charge is 0.453 e. The van der Waals surface area contributed by atoms with Gasteiger partial charge in [-0.3, -0.25) is 19.2 Å². The molecule has 16 heteroatoms. The van der Waals surface area contributed by atoms with Crippen LogP contribution in [-0.2, 0) is 28.7 Å². The van der Waals surface area contributed by atoms with Crippen LogP contribution in [0.2, 0.25) is 0 Å². The number of nitrogens with zero attached hydrogens (tertiary/aromatic N) is 4. The Morgan fingerprint density at radius 1 is 0.603 bits per heavy atom. The standard InChI is InChI=1S/C42H62N8O8/c1-7-47(8-2)23-21-35(45-41(55)57-5)39(53)49-25-19-31(27-49)37(51)43-33-15-11-29(12-16-33)30-13-17-34(18-14-30)44-38(52)32-20-26-50(28-32)40(54)36(46-42(56)58-6)22-24-48(9-3)10-4/h11-18,31-32,35-36H,7-10,19-28H2,1-6H3,(H,43,51)(H,44,52)(H,45,55)(H,46,56)/t31-,32+,35-,36+. The summed E-state index contributed by atoms with van der Waals surface area (Å²) in [6.45, 7) is 14.2. The van der Waals surface area contributed by atoms with Crippen LogP contribution in [-0.4, -0.2) is 147 Å². The fourth-order valence-corrected chi connectivity index (χ4v) is 7.39. The molecular weight excluding hydrogens is 745 g/mol. The molecule has 0 aromatic heterocycles. The SMILES string of the molecule is CCN(CC)CC[C@H](NC(=O)OC)C(=O)N1CC[C@H](C(=O)Nc2ccc(-c3ccc(NC(=O)[C@@H]4CCN(C(=O)[C@@H](CCN(CC)CC)NC(=O)OC)C4)cc3)cc2)C1. The van der Waals surface area contributed by atoms with Gasteiger partial charge >= 0.3 is 12.2 Å². The summed E-state index contributed by atoms with van der Waals surface area (Å²) in [5.74, 6) is -1.56. The lowest BCUT2D eigenvalue weighted by Crippen LogP contribution is -2.49. The third-order valence-corrected chi connectivity index (χ3v) is 11.2. The summed E-state index contributed by atoms with van der Waals surface area (Å²) in [4.78, 5) is 84.9. The molecule has 0 bridgehead atoms. The van der Waals surface area contributed by atoms with Crippen LogP contribution in [0.1, 0.15) is 53.4 Å². The van der Waals surface area contributed by atoms with Crippen molar-refractivity contribution < 1.29 is 38.2 Å². The van der Waals surface area contributed by atoms with Crippen LogP contribution in [0, 0.1) is 11.8 Å². The van der Waals surface area contributed by atoms with Crippen LogP contribution in [0.15, 0.2) is 48.5 Å². The van der Waals surface area contributed by atoms with Gasteiger partial charge in [0.1, 0.15) is 12.1 Å². The van der Waals surface area contributed by atoms with Crippen molar-refractivity contribution in [2.45, 2.75) is 65.5 Å². The highest BCUT2D eigenvalue weighted by Gasteiger charge is 2.36. The van der Waals surface area contributed by atoms with E-state index < -0.39 is 24.3 Å². The van der Waals surface area contributed by atoms with Gasteiger partial charge in [-0.2, -0.15) is 0 Å². The van der Waals surface area contributed by atoms with E-state index in [-0.39, 0.29) is 48.6 Å². The van der Waals surface area contributed by atoms with E-state index in [1.54, 1.807) is 9.80 Å². The molecule has 2 aliphatic rings. The number of ether oxygens (including phenoxy) is 2. The van der Waals surface area contributed by atoms with Gasteiger partial charge in [0.2, 0.25) is 23.6 Å². The Balaban J connectivity index is 1.26. The normalized spacial score (nSPS) is 17.4. The second kappa shape index (κ2) is 22.6. The number of hydrogen-bond donors (Lipinski definition) is 4. The molecule has 4 rings (SSSR count). The second-order valence-electron chi connectivity index (χ2n) is 14.7. The molecule has 16 nitrogen and oxygen atoms in total. The van der Waals surface area contributed by atoms with E-state index in [0.717, 1.165) is 37.3 Å². The van der Waals surface area contributed by atoms with Crippen molar-refractivity contribution in [3.05, 3.63) is 48.5 Å². The fraction of sp³-hybridized carbons (Fsp3) is 0.571. The molecular formula is C42H62N8O8. The van der Waals surface area contributed by atoms with Gasteiger partial charge in [0.05, 0.1) is 26.1 Å². The molecule has 2 aromatic rings. The summed E-state index contributed by atoms with van der Waals surface area (Å²) in [5.41, 5.74) is 3.10. The van der Waals surface area contributed by atoms with Gasteiger partial charge in [-0.05, 0) is 87.3 Å². The highest BCUT2D eigenvalue weighted by Crippen LogP contribution is 2.26. The van der Waals surface area contributed by atoms with E-state index in [2.05, 4.69) is 31.1 Å². The predicted octanol–water partition coefficient (Wildman–Crippen LogP) is 3.84. The zero-order valence-electron chi connectivity index (χ0n) is 34.9. The predicted molar refractivity (Wildman–Crippen MR) is 222 cm³/mol. The van der Waals surface area contributed by atoms with Gasteiger partial charge in [0.25, 0.3) is 0 Å². The number of anilines is 2. The minimum absolute atomic E-state index is 0.175. The molecule has 2 aliphatic heterocycles. The number of amides is 6. The van der Waals surface area contributed by atoms with Crippen molar-refractivity contribution in [2.75, 3.05) is 90.3 Å². The number of methoxy groups -OCH3 is 2. The van der Waals surface area contributed by atoms with E-state index in [1.165, 1.54) is 14.2 Å². The summed E-state index contributed by atoms with van der Waals surface area (Å²) < 4.78 is 9.51. The van der Waals surface area contributed by atoms with Crippen LogP contribution >= 0.6 is 0 Å². The lowest BCUT2D eigenvalue weighted by molar-refractivity contribution is -0.133. The summed E-state index contributed by atoms with van der Waals surface area (Å²) in [5, 5.41) is 11.3. The highest BCUT2D eigenvalue weighted by molar-refractivity contribution is 5.95. The Morgan fingerprint density at radius 2 is 0.948 bits per heavy atom. The van der Waals surface area contributed by atoms with Crippen LogP contribution in [0.5, 0.6) is 0 Å². The van der Waals surface area contributed by atoms with E-state index in [9.17, 15) is 28.8 Å². The zero-order valence-corrected chi connectivity index (χ0v) is 34.9. The first-order valence-electron chi connectivity index (χ1n) is 20.5. The molecule has 0 spiro atoms. The van der Waals surface area contributed by atoms with Crippen LogP contribution in [0.4, 0.5) is 21.0 Å². The minimum Gasteiger partial charge on any atom is -0.453 e. The third kappa shape index (κ3) is 12.9. The third-order valence-electron chi connectivity index (χ3n) is 11.2. The summed E-state index contributed by atoms with van der Waals surface area (Å²) in [6, 6.07) is 13.4.